The van der Waals surface area contributed by atoms with E-state index in [0.29, 0.717) is 13.1 Å². The van der Waals surface area contributed by atoms with Crippen LogP contribution in [-0.4, -0.2) is 33.7 Å². The molecule has 0 aromatic heterocycles. The van der Waals surface area contributed by atoms with E-state index in [4.69, 9.17) is 9.47 Å². The van der Waals surface area contributed by atoms with Crippen LogP contribution in [0.25, 0.3) is 0 Å². The molecule has 1 atom stereocenters. The predicted molar refractivity (Wildman–Crippen MR) is 99.5 cm³/mol. The number of likely N-dealkylation sites (N-methyl/N-ethyl adjacent to an activating group) is 1. The first-order valence-electron chi connectivity index (χ1n) is 8.33. The number of para-hydroxylation sites is 1. The summed E-state index contributed by atoms with van der Waals surface area (Å²) in [7, 11) is 5.28. The molecule has 0 spiro atoms. The Morgan fingerprint density at radius 1 is 1.08 bits per heavy atom. The third-order valence-corrected chi connectivity index (χ3v) is 4.19. The second kappa shape index (κ2) is 8.53. The van der Waals surface area contributed by atoms with Gasteiger partial charge in [0.2, 0.25) is 0 Å². The van der Waals surface area contributed by atoms with Crippen molar-refractivity contribution in [2.45, 2.75) is 20.4 Å². The minimum atomic E-state index is -0.00300. The highest BCUT2D eigenvalue weighted by atomic mass is 16.5. The van der Waals surface area contributed by atoms with Gasteiger partial charge in [-0.1, -0.05) is 18.2 Å². The van der Waals surface area contributed by atoms with Crippen LogP contribution in [0.4, 0.5) is 5.69 Å². The summed E-state index contributed by atoms with van der Waals surface area (Å²) >= 11 is 0. The smallest absolute Gasteiger partial charge is 0.279 e. The normalized spacial score (nSPS) is 11.7. The summed E-state index contributed by atoms with van der Waals surface area (Å²) in [6.45, 7) is 5.04. The number of ether oxygens (including phenoxy) is 2. The zero-order valence-corrected chi connectivity index (χ0v) is 15.6. The van der Waals surface area contributed by atoms with E-state index in [0.717, 1.165) is 38.8 Å². The number of rotatable bonds is 7. The van der Waals surface area contributed by atoms with E-state index < -0.39 is 0 Å². The Morgan fingerprint density at radius 2 is 1.76 bits per heavy atom. The third kappa shape index (κ3) is 4.97. The van der Waals surface area contributed by atoms with Gasteiger partial charge in [-0.05, 0) is 43.2 Å². The topological polar surface area (TPSA) is 52.0 Å². The fraction of sp³-hybridized carbons (Fsp3) is 0.350. The van der Waals surface area contributed by atoms with E-state index in [1.54, 1.807) is 14.2 Å². The molecule has 2 rings (SSSR count). The van der Waals surface area contributed by atoms with Crippen molar-refractivity contribution in [1.29, 1.82) is 0 Å². The van der Waals surface area contributed by atoms with Gasteiger partial charge in [-0.2, -0.15) is 0 Å². The average molecular weight is 343 g/mol. The lowest BCUT2D eigenvalue weighted by atomic mass is 10.1. The van der Waals surface area contributed by atoms with Gasteiger partial charge in [0, 0.05) is 5.69 Å². The molecule has 0 saturated carbocycles. The van der Waals surface area contributed by atoms with Gasteiger partial charge in [-0.15, -0.1) is 0 Å². The Hall–Kier alpha value is -2.53. The van der Waals surface area contributed by atoms with Crippen LogP contribution in [0.1, 0.15) is 16.7 Å². The van der Waals surface area contributed by atoms with Crippen LogP contribution in [0, 0.1) is 13.8 Å². The number of carbonyl (C=O) groups is 1. The average Bonchev–Trinajstić information content (AvgIpc) is 2.58. The van der Waals surface area contributed by atoms with Gasteiger partial charge in [0.1, 0.15) is 18.0 Å². The summed E-state index contributed by atoms with van der Waals surface area (Å²) in [6.07, 6.45) is 0. The molecule has 2 aromatic carbocycles. The summed E-state index contributed by atoms with van der Waals surface area (Å²) in [5.41, 5.74) is 4.06. The molecule has 0 bridgehead atoms. The van der Waals surface area contributed by atoms with E-state index in [2.05, 4.69) is 5.32 Å². The summed E-state index contributed by atoms with van der Waals surface area (Å²) in [5, 5.41) is 3.03. The first kappa shape index (κ1) is 18.8. The molecule has 134 valence electrons. The Kier molecular flexibility index (Phi) is 6.42. The van der Waals surface area contributed by atoms with Gasteiger partial charge in [0.05, 0.1) is 26.8 Å². The number of nitrogens with one attached hydrogen (secondary N) is 2. The molecule has 0 heterocycles. The van der Waals surface area contributed by atoms with Crippen molar-refractivity contribution in [2.75, 3.05) is 33.1 Å². The zero-order chi connectivity index (χ0) is 18.4. The van der Waals surface area contributed by atoms with E-state index in [-0.39, 0.29) is 5.91 Å². The molecule has 25 heavy (non-hydrogen) atoms. The lowest BCUT2D eigenvalue weighted by Gasteiger charge is -2.17. The number of benzene rings is 2. The number of amides is 1. The standard InChI is InChI=1S/C20H26N2O3/c1-14-7-6-8-15(2)20(14)21-19(23)13-22(3)12-16-11-17(24-4)9-10-18(16)25-5/h6-11H,12-13H2,1-5H3,(H,21,23)/p+1. The lowest BCUT2D eigenvalue weighted by Crippen LogP contribution is -3.08. The van der Waals surface area contributed by atoms with Crippen LogP contribution in [0.5, 0.6) is 11.5 Å². The van der Waals surface area contributed by atoms with Crippen LogP contribution in [0.2, 0.25) is 0 Å². The first-order chi connectivity index (χ1) is 11.9. The molecule has 2 aromatic rings. The Balaban J connectivity index is 2.02. The highest BCUT2D eigenvalue weighted by molar-refractivity contribution is 5.93. The molecule has 2 N–H and O–H groups in total. The minimum Gasteiger partial charge on any atom is -0.497 e. The first-order valence-corrected chi connectivity index (χ1v) is 8.33. The van der Waals surface area contributed by atoms with Crippen molar-refractivity contribution in [3.05, 3.63) is 53.1 Å². The number of methoxy groups -OCH3 is 2. The SMILES string of the molecule is COc1ccc(OC)c(C[NH+](C)CC(=O)Nc2c(C)cccc2C)c1. The van der Waals surface area contributed by atoms with E-state index in [1.807, 2.05) is 57.3 Å². The lowest BCUT2D eigenvalue weighted by molar-refractivity contribution is -0.885. The molecule has 0 aliphatic carbocycles. The molecule has 1 amide bonds. The maximum absolute atomic E-state index is 12.4. The van der Waals surface area contributed by atoms with Crippen molar-refractivity contribution in [1.82, 2.24) is 0 Å². The molecule has 1 unspecified atom stereocenters. The Morgan fingerprint density at radius 3 is 2.36 bits per heavy atom. The predicted octanol–water partition coefficient (Wildman–Crippen LogP) is 1.97. The minimum absolute atomic E-state index is 0.00300. The van der Waals surface area contributed by atoms with Gasteiger partial charge in [0.25, 0.3) is 5.91 Å². The number of carbonyl (C=O) groups excluding carboxylic acids is 1. The molecular weight excluding hydrogens is 316 g/mol. The molecule has 0 saturated heterocycles. The van der Waals surface area contributed by atoms with E-state index in [9.17, 15) is 4.79 Å². The van der Waals surface area contributed by atoms with Crippen LogP contribution >= 0.6 is 0 Å². The molecule has 0 aliphatic rings. The van der Waals surface area contributed by atoms with Crippen LogP contribution in [0.3, 0.4) is 0 Å². The van der Waals surface area contributed by atoms with Gasteiger partial charge in [0.15, 0.2) is 6.54 Å². The summed E-state index contributed by atoms with van der Waals surface area (Å²) in [5.74, 6) is 1.58. The van der Waals surface area contributed by atoms with Crippen molar-refractivity contribution < 1.29 is 19.2 Å². The van der Waals surface area contributed by atoms with Gasteiger partial charge in [-0.3, -0.25) is 4.79 Å². The van der Waals surface area contributed by atoms with Gasteiger partial charge in [-0.25, -0.2) is 0 Å². The molecular formula is C20H27N2O3+. The maximum atomic E-state index is 12.4. The zero-order valence-electron chi connectivity index (χ0n) is 15.6. The van der Waals surface area contributed by atoms with E-state index in [1.165, 1.54) is 0 Å². The summed E-state index contributed by atoms with van der Waals surface area (Å²) in [4.78, 5) is 13.5. The third-order valence-electron chi connectivity index (χ3n) is 4.19. The number of anilines is 1. The number of hydrogen-bond acceptors (Lipinski definition) is 3. The van der Waals surface area contributed by atoms with Crippen LogP contribution < -0.4 is 19.7 Å². The monoisotopic (exact) mass is 343 g/mol. The summed E-state index contributed by atoms with van der Waals surface area (Å²) < 4.78 is 10.7. The van der Waals surface area contributed by atoms with Crippen molar-refractivity contribution >= 4 is 11.6 Å². The number of quaternary nitrogens is 1. The molecule has 0 radical (unpaired) electrons. The Labute approximate surface area is 149 Å². The quantitative estimate of drug-likeness (QED) is 0.808. The molecule has 0 aliphatic heterocycles. The second-order valence-corrected chi connectivity index (χ2v) is 6.30. The van der Waals surface area contributed by atoms with Crippen LogP contribution in [0.15, 0.2) is 36.4 Å². The van der Waals surface area contributed by atoms with Crippen LogP contribution in [-0.2, 0) is 11.3 Å². The highest BCUT2D eigenvalue weighted by Crippen LogP contribution is 2.23. The van der Waals surface area contributed by atoms with Gasteiger partial charge < -0.3 is 19.7 Å². The number of aryl methyl sites for hydroxylation is 2. The number of hydrogen-bond donors (Lipinski definition) is 2. The maximum Gasteiger partial charge on any atom is 0.279 e. The highest BCUT2D eigenvalue weighted by Gasteiger charge is 2.15. The van der Waals surface area contributed by atoms with E-state index >= 15 is 0 Å². The fourth-order valence-corrected chi connectivity index (χ4v) is 2.88. The van der Waals surface area contributed by atoms with Gasteiger partial charge >= 0.3 is 0 Å². The summed E-state index contributed by atoms with van der Waals surface area (Å²) in [6, 6.07) is 11.7. The fourth-order valence-electron chi connectivity index (χ4n) is 2.88. The second-order valence-electron chi connectivity index (χ2n) is 6.30. The van der Waals surface area contributed by atoms with Crippen molar-refractivity contribution in [2.24, 2.45) is 0 Å². The largest absolute Gasteiger partial charge is 0.497 e. The molecule has 5 nitrogen and oxygen atoms in total. The molecule has 5 heteroatoms. The van der Waals surface area contributed by atoms with Crippen molar-refractivity contribution in [3.8, 4) is 11.5 Å². The van der Waals surface area contributed by atoms with Crippen molar-refractivity contribution in [3.63, 3.8) is 0 Å². The molecule has 0 fully saturated rings. The Bertz CT molecular complexity index is 723.